The molecule has 2 heterocycles. The fourth-order valence-electron chi connectivity index (χ4n) is 4.27. The minimum Gasteiger partial charge on any atom is -0.439 e. The zero-order valence-corrected chi connectivity index (χ0v) is 17.5. The average molecular weight is 415 g/mol. The van der Waals surface area contributed by atoms with Gasteiger partial charge in [-0.2, -0.15) is 4.31 Å². The lowest BCUT2D eigenvalue weighted by molar-refractivity contribution is 0.121. The number of carbonyl (C=O) groups excluding carboxylic acids is 1. The van der Waals surface area contributed by atoms with Crippen LogP contribution < -0.4 is 0 Å². The molecule has 2 aliphatic heterocycles. The van der Waals surface area contributed by atoms with Crippen LogP contribution in [-0.2, 0) is 14.8 Å². The van der Waals surface area contributed by atoms with Gasteiger partial charge in [0, 0.05) is 19.1 Å². The Bertz CT molecular complexity index is 968. The van der Waals surface area contributed by atoms with Crippen molar-refractivity contribution in [2.45, 2.75) is 49.8 Å². The van der Waals surface area contributed by atoms with E-state index in [1.807, 2.05) is 56.3 Å². The van der Waals surface area contributed by atoms with Crippen molar-refractivity contribution in [3.63, 3.8) is 0 Å². The number of ether oxygens (including phenoxy) is 1. The van der Waals surface area contributed by atoms with Gasteiger partial charge in [-0.3, -0.25) is 4.90 Å². The highest BCUT2D eigenvalue weighted by Gasteiger charge is 2.44. The molecular weight excluding hydrogens is 388 g/mol. The molecule has 2 aromatic carbocycles. The first-order chi connectivity index (χ1) is 13.9. The Morgan fingerprint density at radius 3 is 2.21 bits per heavy atom. The number of sulfonamides is 1. The zero-order chi connectivity index (χ0) is 20.6. The number of cyclic esters (lactones) is 1. The van der Waals surface area contributed by atoms with E-state index < -0.39 is 10.0 Å². The summed E-state index contributed by atoms with van der Waals surface area (Å²) in [7, 11) is -3.51. The van der Waals surface area contributed by atoms with Crippen LogP contribution >= 0.6 is 0 Å². The lowest BCUT2D eigenvalue weighted by atomic mass is 9.99. The van der Waals surface area contributed by atoms with Crippen LogP contribution in [0, 0.1) is 6.92 Å². The smallest absolute Gasteiger partial charge is 0.411 e. The Balaban J connectivity index is 1.44. The summed E-state index contributed by atoms with van der Waals surface area (Å²) in [6.45, 7) is 4.72. The zero-order valence-electron chi connectivity index (χ0n) is 16.7. The number of benzene rings is 2. The molecule has 2 atom stereocenters. The first kappa shape index (κ1) is 19.9. The number of amides is 1. The standard InChI is InChI=1S/C22H26N2O4S/c1-16-8-10-20(11-9-16)29(26,27)23-14-12-19(13-15-23)24-17(2)21(28-22(24)25)18-6-4-3-5-7-18/h3-11,17,19,21H,12-15H2,1-2H3. The lowest BCUT2D eigenvalue weighted by Crippen LogP contribution is -2.49. The molecule has 0 aromatic heterocycles. The maximum Gasteiger partial charge on any atom is 0.411 e. The Morgan fingerprint density at radius 1 is 0.966 bits per heavy atom. The molecule has 1 amide bonds. The predicted molar refractivity (Wildman–Crippen MR) is 110 cm³/mol. The third-order valence-corrected chi connectivity index (χ3v) is 7.83. The van der Waals surface area contributed by atoms with E-state index in [9.17, 15) is 13.2 Å². The first-order valence-corrected chi connectivity index (χ1v) is 11.4. The molecule has 2 aromatic rings. The summed E-state index contributed by atoms with van der Waals surface area (Å²) >= 11 is 0. The Morgan fingerprint density at radius 2 is 1.59 bits per heavy atom. The molecule has 0 radical (unpaired) electrons. The summed E-state index contributed by atoms with van der Waals surface area (Å²) < 4.78 is 33.0. The fourth-order valence-corrected chi connectivity index (χ4v) is 5.74. The summed E-state index contributed by atoms with van der Waals surface area (Å²) in [4.78, 5) is 14.7. The summed E-state index contributed by atoms with van der Waals surface area (Å²) in [5, 5.41) is 0. The van der Waals surface area contributed by atoms with E-state index in [1.165, 1.54) is 4.31 Å². The normalized spacial score (nSPS) is 23.9. The second-order valence-corrected chi connectivity index (χ2v) is 9.75. The summed E-state index contributed by atoms with van der Waals surface area (Å²) in [6.07, 6.45) is 0.599. The predicted octanol–water partition coefficient (Wildman–Crippen LogP) is 3.73. The van der Waals surface area contributed by atoms with Crippen LogP contribution in [-0.4, -0.2) is 48.9 Å². The molecular formula is C22H26N2O4S. The van der Waals surface area contributed by atoms with Gasteiger partial charge in [-0.1, -0.05) is 48.0 Å². The van der Waals surface area contributed by atoms with Gasteiger partial charge >= 0.3 is 6.09 Å². The molecule has 2 aliphatic rings. The molecule has 6 nitrogen and oxygen atoms in total. The molecule has 0 bridgehead atoms. The van der Waals surface area contributed by atoms with Crippen LogP contribution in [0.1, 0.15) is 37.0 Å². The van der Waals surface area contributed by atoms with Gasteiger partial charge in [0.05, 0.1) is 10.9 Å². The van der Waals surface area contributed by atoms with E-state index in [0.29, 0.717) is 30.8 Å². The third kappa shape index (κ3) is 3.76. The molecule has 154 valence electrons. The van der Waals surface area contributed by atoms with Gasteiger partial charge < -0.3 is 4.74 Å². The van der Waals surface area contributed by atoms with Crippen molar-refractivity contribution >= 4 is 16.1 Å². The molecule has 0 saturated carbocycles. The van der Waals surface area contributed by atoms with Crippen LogP contribution in [0.3, 0.4) is 0 Å². The quantitative estimate of drug-likeness (QED) is 0.765. The number of hydrogen-bond donors (Lipinski definition) is 0. The first-order valence-electron chi connectivity index (χ1n) is 9.98. The number of aryl methyl sites for hydroxylation is 1. The van der Waals surface area contributed by atoms with E-state index in [0.717, 1.165) is 11.1 Å². The number of piperidine rings is 1. The Labute approximate surface area is 172 Å². The lowest BCUT2D eigenvalue weighted by Gasteiger charge is -2.37. The highest BCUT2D eigenvalue weighted by atomic mass is 32.2. The molecule has 2 unspecified atom stereocenters. The van der Waals surface area contributed by atoms with Crippen molar-refractivity contribution in [2.75, 3.05) is 13.1 Å². The molecule has 7 heteroatoms. The van der Waals surface area contributed by atoms with E-state index in [2.05, 4.69) is 0 Å². The second-order valence-electron chi connectivity index (χ2n) is 7.81. The van der Waals surface area contributed by atoms with Gasteiger partial charge in [-0.15, -0.1) is 0 Å². The summed E-state index contributed by atoms with van der Waals surface area (Å²) in [5.74, 6) is 0. The molecule has 4 rings (SSSR count). The minimum atomic E-state index is -3.51. The van der Waals surface area contributed by atoms with E-state index >= 15 is 0 Å². The fraction of sp³-hybridized carbons (Fsp3) is 0.409. The van der Waals surface area contributed by atoms with Crippen LogP contribution in [0.2, 0.25) is 0 Å². The van der Waals surface area contributed by atoms with Crippen molar-refractivity contribution in [1.82, 2.24) is 9.21 Å². The molecule has 2 fully saturated rings. The number of nitrogens with zero attached hydrogens (tertiary/aromatic N) is 2. The van der Waals surface area contributed by atoms with Gasteiger partial charge in [-0.05, 0) is 44.4 Å². The number of carbonyl (C=O) groups is 1. The van der Waals surface area contributed by atoms with Crippen molar-refractivity contribution in [1.29, 1.82) is 0 Å². The van der Waals surface area contributed by atoms with Crippen molar-refractivity contribution in [2.24, 2.45) is 0 Å². The SMILES string of the molecule is Cc1ccc(S(=O)(=O)N2CCC(N3C(=O)OC(c4ccccc4)C3C)CC2)cc1. The van der Waals surface area contributed by atoms with Gasteiger partial charge in [0.1, 0.15) is 6.10 Å². The average Bonchev–Trinajstić information content (AvgIpc) is 3.03. The van der Waals surface area contributed by atoms with Crippen molar-refractivity contribution < 1.29 is 17.9 Å². The molecule has 0 spiro atoms. The molecule has 0 aliphatic carbocycles. The summed E-state index contributed by atoms with van der Waals surface area (Å²) in [5.41, 5.74) is 2.01. The van der Waals surface area contributed by atoms with Crippen molar-refractivity contribution in [3.8, 4) is 0 Å². The maximum absolute atomic E-state index is 12.9. The van der Waals surface area contributed by atoms with Crippen molar-refractivity contribution in [3.05, 3.63) is 65.7 Å². The largest absolute Gasteiger partial charge is 0.439 e. The summed E-state index contributed by atoms with van der Waals surface area (Å²) in [6, 6.07) is 16.6. The van der Waals surface area contributed by atoms with E-state index in [-0.39, 0.29) is 24.3 Å². The van der Waals surface area contributed by atoms with E-state index in [1.54, 1.807) is 17.0 Å². The highest BCUT2D eigenvalue weighted by molar-refractivity contribution is 7.89. The molecule has 29 heavy (non-hydrogen) atoms. The number of hydrogen-bond acceptors (Lipinski definition) is 4. The Kier molecular flexibility index (Phi) is 5.36. The topological polar surface area (TPSA) is 66.9 Å². The third-order valence-electron chi connectivity index (χ3n) is 5.92. The van der Waals surface area contributed by atoms with Gasteiger partial charge in [0.15, 0.2) is 0 Å². The van der Waals surface area contributed by atoms with Gasteiger partial charge in [0.25, 0.3) is 0 Å². The van der Waals surface area contributed by atoms with E-state index in [4.69, 9.17) is 4.74 Å². The second kappa shape index (κ2) is 7.80. The van der Waals surface area contributed by atoms with Crippen LogP contribution in [0.15, 0.2) is 59.5 Å². The number of rotatable bonds is 4. The minimum absolute atomic E-state index is 0.0179. The molecule has 2 saturated heterocycles. The highest BCUT2D eigenvalue weighted by Crippen LogP contribution is 2.36. The van der Waals surface area contributed by atoms with Gasteiger partial charge in [0.2, 0.25) is 10.0 Å². The van der Waals surface area contributed by atoms with Gasteiger partial charge in [-0.25, -0.2) is 13.2 Å². The molecule has 0 N–H and O–H groups in total. The van der Waals surface area contributed by atoms with Crippen LogP contribution in [0.5, 0.6) is 0 Å². The van der Waals surface area contributed by atoms with Crippen LogP contribution in [0.25, 0.3) is 0 Å². The van der Waals surface area contributed by atoms with Crippen LogP contribution in [0.4, 0.5) is 4.79 Å². The maximum atomic E-state index is 12.9. The monoisotopic (exact) mass is 414 g/mol. The Hall–Kier alpha value is -2.38.